The molecule has 0 saturated carbocycles. The van der Waals surface area contributed by atoms with E-state index in [1.54, 1.807) is 0 Å². The maximum absolute atomic E-state index is 9.31. The van der Waals surface area contributed by atoms with Gasteiger partial charge in [0.2, 0.25) is 8.32 Å². The van der Waals surface area contributed by atoms with E-state index >= 15 is 0 Å². The van der Waals surface area contributed by atoms with Crippen LogP contribution < -0.4 is 0 Å². The first-order valence-electron chi connectivity index (χ1n) is 6.23. The Hall–Kier alpha value is 0.274. The summed E-state index contributed by atoms with van der Waals surface area (Å²) in [6, 6.07) is 0. The van der Waals surface area contributed by atoms with E-state index in [-0.39, 0.29) is 18.9 Å². The summed E-state index contributed by atoms with van der Waals surface area (Å²) in [6.45, 7) is 12.8. The van der Waals surface area contributed by atoms with Crippen LogP contribution >= 0.6 is 0 Å². The Kier molecular flexibility index (Phi) is 7.12. The highest BCUT2D eigenvalue weighted by atomic mass is 28.4. The summed E-state index contributed by atoms with van der Waals surface area (Å²) in [5, 5.41) is 18.1. The van der Waals surface area contributed by atoms with Crippen LogP contribution in [-0.4, -0.2) is 51.9 Å². The molecular weight excluding hydrogens is 252 g/mol. The van der Waals surface area contributed by atoms with Crippen molar-refractivity contribution in [3.8, 4) is 0 Å². The van der Waals surface area contributed by atoms with Gasteiger partial charge >= 0.3 is 0 Å². The molecule has 0 radical (unpaired) electrons. The van der Waals surface area contributed by atoms with Crippen LogP contribution in [0.1, 0.15) is 13.3 Å². The molecule has 17 heavy (non-hydrogen) atoms. The Morgan fingerprint density at radius 3 is 2.00 bits per heavy atom. The van der Waals surface area contributed by atoms with Crippen LogP contribution in [0.3, 0.4) is 0 Å². The second-order valence-electron chi connectivity index (χ2n) is 5.88. The van der Waals surface area contributed by atoms with Gasteiger partial charge < -0.3 is 19.1 Å². The quantitative estimate of drug-likeness (QED) is 0.665. The fourth-order valence-electron chi connectivity index (χ4n) is 1.94. The molecule has 0 fully saturated rings. The Morgan fingerprint density at radius 1 is 1.12 bits per heavy atom. The third-order valence-corrected chi connectivity index (χ3v) is 9.10. The maximum Gasteiger partial charge on any atom is 0.202 e. The van der Waals surface area contributed by atoms with E-state index in [9.17, 15) is 5.11 Å². The Labute approximate surface area is 107 Å². The van der Waals surface area contributed by atoms with Crippen molar-refractivity contribution in [1.29, 1.82) is 0 Å². The van der Waals surface area contributed by atoms with Crippen molar-refractivity contribution in [1.82, 2.24) is 0 Å². The summed E-state index contributed by atoms with van der Waals surface area (Å²) in [7, 11) is -3.47. The summed E-state index contributed by atoms with van der Waals surface area (Å²) < 4.78 is 12.0. The highest BCUT2D eigenvalue weighted by Crippen LogP contribution is 2.21. The van der Waals surface area contributed by atoms with Crippen molar-refractivity contribution in [3.63, 3.8) is 0 Å². The molecule has 0 heterocycles. The van der Waals surface area contributed by atoms with Gasteiger partial charge in [-0.2, -0.15) is 0 Å². The largest absolute Gasteiger partial charge is 0.454 e. The zero-order valence-corrected chi connectivity index (χ0v) is 14.0. The monoisotopic (exact) mass is 280 g/mol. The molecule has 0 aliphatic rings. The van der Waals surface area contributed by atoms with E-state index in [0.717, 1.165) is 6.42 Å². The first kappa shape index (κ1) is 17.3. The number of ether oxygens (including phenoxy) is 1. The molecule has 0 aliphatic carbocycles. The normalized spacial score (nSPS) is 16.9. The lowest BCUT2D eigenvalue weighted by Crippen LogP contribution is -2.52. The van der Waals surface area contributed by atoms with Crippen molar-refractivity contribution < 1.29 is 19.1 Å². The number of hydrogen-bond acceptors (Lipinski definition) is 4. The van der Waals surface area contributed by atoms with Gasteiger partial charge in [-0.1, -0.05) is 6.92 Å². The van der Waals surface area contributed by atoms with Gasteiger partial charge in [0.1, 0.15) is 6.10 Å². The topological polar surface area (TPSA) is 58.9 Å². The Balaban J connectivity index is 4.41. The molecule has 104 valence electrons. The summed E-state index contributed by atoms with van der Waals surface area (Å²) in [6.07, 6.45) is 0.0858. The molecular formula is C11H28O4Si2. The molecule has 0 aliphatic heterocycles. The lowest BCUT2D eigenvalue weighted by molar-refractivity contribution is -0.0113. The highest BCUT2D eigenvalue weighted by Gasteiger charge is 2.37. The standard InChI is InChI=1S/C11H28O4Si2/c1-7-11(14-9-10(13)8-12)17(5,6)15-16(2,3)4/h10-13H,7-9H2,1-6H3. The minimum atomic E-state index is -1.90. The number of aliphatic hydroxyl groups is 2. The first-order valence-corrected chi connectivity index (χ1v) is 12.6. The van der Waals surface area contributed by atoms with Crippen LogP contribution in [0.4, 0.5) is 0 Å². The molecule has 6 heteroatoms. The molecule has 4 nitrogen and oxygen atoms in total. The Morgan fingerprint density at radius 2 is 1.65 bits per heavy atom. The van der Waals surface area contributed by atoms with Crippen LogP contribution in [-0.2, 0) is 8.85 Å². The van der Waals surface area contributed by atoms with Gasteiger partial charge in [0, 0.05) is 0 Å². The van der Waals surface area contributed by atoms with Gasteiger partial charge in [-0.25, -0.2) is 0 Å². The average Bonchev–Trinajstić information content (AvgIpc) is 2.14. The smallest absolute Gasteiger partial charge is 0.202 e. The van der Waals surface area contributed by atoms with E-state index in [1.165, 1.54) is 0 Å². The summed E-state index contributed by atoms with van der Waals surface area (Å²) in [5.74, 6) is 0. The van der Waals surface area contributed by atoms with Crippen molar-refractivity contribution in [2.75, 3.05) is 13.2 Å². The molecule has 0 aromatic rings. The van der Waals surface area contributed by atoms with E-state index < -0.39 is 22.7 Å². The Bertz CT molecular complexity index is 216. The fraction of sp³-hybridized carbons (Fsp3) is 1.00. The van der Waals surface area contributed by atoms with Gasteiger partial charge in [0.25, 0.3) is 0 Å². The van der Waals surface area contributed by atoms with Crippen molar-refractivity contribution in [2.24, 2.45) is 0 Å². The molecule has 0 saturated heterocycles. The molecule has 0 bridgehead atoms. The number of hydrogen-bond donors (Lipinski definition) is 2. The van der Waals surface area contributed by atoms with Crippen LogP contribution in [0.25, 0.3) is 0 Å². The zero-order valence-electron chi connectivity index (χ0n) is 12.0. The second kappa shape index (κ2) is 7.01. The zero-order chi connectivity index (χ0) is 13.7. The molecule has 0 aromatic carbocycles. The SMILES string of the molecule is CCC(OCC(O)CO)[Si](C)(C)O[Si](C)(C)C. The van der Waals surface area contributed by atoms with Gasteiger partial charge in [0.15, 0.2) is 8.32 Å². The first-order chi connectivity index (χ1) is 7.62. The third-order valence-electron chi connectivity index (χ3n) is 2.42. The van der Waals surface area contributed by atoms with Crippen molar-refractivity contribution in [3.05, 3.63) is 0 Å². The minimum absolute atomic E-state index is 0.0652. The van der Waals surface area contributed by atoms with Gasteiger partial charge in [0.05, 0.1) is 18.9 Å². The van der Waals surface area contributed by atoms with Crippen LogP contribution in [0.2, 0.25) is 32.7 Å². The summed E-state index contributed by atoms with van der Waals surface area (Å²) in [4.78, 5) is 0. The van der Waals surface area contributed by atoms with E-state index in [2.05, 4.69) is 39.7 Å². The van der Waals surface area contributed by atoms with Gasteiger partial charge in [-0.05, 0) is 39.2 Å². The predicted molar refractivity (Wildman–Crippen MR) is 75.0 cm³/mol. The molecule has 2 atom stereocenters. The number of rotatable bonds is 8. The summed E-state index contributed by atoms with van der Waals surface area (Å²) in [5.41, 5.74) is 0.0652. The third kappa shape index (κ3) is 7.33. The highest BCUT2D eigenvalue weighted by molar-refractivity contribution is 6.84. The lowest BCUT2D eigenvalue weighted by Gasteiger charge is -2.37. The predicted octanol–water partition coefficient (Wildman–Crippen LogP) is 1.73. The molecule has 0 amide bonds. The second-order valence-corrected chi connectivity index (χ2v) is 14.8. The molecule has 0 rings (SSSR count). The van der Waals surface area contributed by atoms with Crippen LogP contribution in [0.5, 0.6) is 0 Å². The molecule has 2 unspecified atom stereocenters. The van der Waals surface area contributed by atoms with Crippen LogP contribution in [0.15, 0.2) is 0 Å². The van der Waals surface area contributed by atoms with Crippen molar-refractivity contribution in [2.45, 2.75) is 57.9 Å². The van der Waals surface area contributed by atoms with Gasteiger partial charge in [-0.15, -0.1) is 0 Å². The van der Waals surface area contributed by atoms with E-state index in [4.69, 9.17) is 14.0 Å². The number of aliphatic hydroxyl groups excluding tert-OH is 2. The minimum Gasteiger partial charge on any atom is -0.454 e. The maximum atomic E-state index is 9.31. The average molecular weight is 281 g/mol. The summed E-state index contributed by atoms with van der Waals surface area (Å²) >= 11 is 0. The molecule has 2 N–H and O–H groups in total. The fourth-order valence-corrected chi connectivity index (χ4v) is 10.3. The van der Waals surface area contributed by atoms with Gasteiger partial charge in [-0.3, -0.25) is 0 Å². The van der Waals surface area contributed by atoms with Crippen molar-refractivity contribution >= 4 is 16.6 Å². The lowest BCUT2D eigenvalue weighted by atomic mass is 10.4. The molecule has 0 aromatic heterocycles. The van der Waals surface area contributed by atoms with E-state index in [1.807, 2.05) is 0 Å². The molecule has 0 spiro atoms. The van der Waals surface area contributed by atoms with Crippen LogP contribution in [0, 0.1) is 0 Å². The van der Waals surface area contributed by atoms with E-state index in [0.29, 0.717) is 0 Å².